The van der Waals surface area contributed by atoms with Crippen molar-refractivity contribution in [2.45, 2.75) is 95.7 Å². The summed E-state index contributed by atoms with van der Waals surface area (Å²) < 4.78 is 53.9. The summed E-state index contributed by atoms with van der Waals surface area (Å²) in [5.74, 6) is -0.150. The van der Waals surface area contributed by atoms with Crippen molar-refractivity contribution in [3.8, 4) is 17.2 Å². The molecule has 8 nitrogen and oxygen atoms in total. The van der Waals surface area contributed by atoms with Gasteiger partial charge in [-0.05, 0) is 110 Å². The van der Waals surface area contributed by atoms with Crippen LogP contribution in [0.1, 0.15) is 96.5 Å². The van der Waals surface area contributed by atoms with Gasteiger partial charge in [0.05, 0.1) is 38.9 Å². The third-order valence-electron chi connectivity index (χ3n) is 12.1. The highest BCUT2D eigenvalue weighted by atomic mass is 19.4. The number of amides is 1. The van der Waals surface area contributed by atoms with Gasteiger partial charge >= 0.3 is 6.36 Å². The quantitative estimate of drug-likeness (QED) is 0.115. The number of carbonyl (C=O) groups is 2. The maximum Gasteiger partial charge on any atom is 0.573 e. The van der Waals surface area contributed by atoms with Crippen molar-refractivity contribution >= 4 is 11.7 Å². The smallest absolute Gasteiger partial charge is 0.493 e. The number of hydrogen-bond acceptors (Lipinski definition) is 7. The highest BCUT2D eigenvalue weighted by Gasteiger charge is 2.57. The molecule has 58 heavy (non-hydrogen) atoms. The molecular formula is C47H52F3NO7. The minimum atomic E-state index is -4.85. The molecular weight excluding hydrogens is 748 g/mol. The second-order valence-electron chi connectivity index (χ2n) is 16.0. The number of ketones is 1. The Hall–Kier alpha value is -5.13. The average molecular weight is 800 g/mol. The minimum Gasteiger partial charge on any atom is -0.493 e. The fourth-order valence-electron chi connectivity index (χ4n) is 8.78. The summed E-state index contributed by atoms with van der Waals surface area (Å²) in [6.45, 7) is 4.04. The van der Waals surface area contributed by atoms with Crippen molar-refractivity contribution in [3.63, 3.8) is 0 Å². The van der Waals surface area contributed by atoms with E-state index in [0.29, 0.717) is 78.7 Å². The maximum atomic E-state index is 14.5. The minimum absolute atomic E-state index is 0.00918. The molecule has 0 spiro atoms. The molecule has 1 amide bonds. The van der Waals surface area contributed by atoms with Crippen LogP contribution in [-0.2, 0) is 24.2 Å². The summed E-state index contributed by atoms with van der Waals surface area (Å²) in [5, 5.41) is 24.1. The third-order valence-corrected chi connectivity index (χ3v) is 12.1. The van der Waals surface area contributed by atoms with Crippen LogP contribution in [0.25, 0.3) is 0 Å². The Morgan fingerprint density at radius 3 is 2.28 bits per heavy atom. The molecule has 11 heteroatoms. The normalized spacial score (nSPS) is 22.3. The van der Waals surface area contributed by atoms with Gasteiger partial charge in [-0.15, -0.1) is 13.2 Å². The zero-order chi connectivity index (χ0) is 41.7. The largest absolute Gasteiger partial charge is 0.573 e. The van der Waals surface area contributed by atoms with Crippen molar-refractivity contribution in [2.24, 2.45) is 5.41 Å². The Kier molecular flexibility index (Phi) is 13.0. The first-order valence-corrected chi connectivity index (χ1v) is 19.7. The Labute approximate surface area is 338 Å². The number of fused-ring (bicyclic) bond motifs is 8. The number of carbonyl (C=O) groups excluding carboxylic acids is 2. The van der Waals surface area contributed by atoms with Gasteiger partial charge in [0.2, 0.25) is 5.91 Å². The number of ether oxygens (including phenoxy) is 3. The fourth-order valence-corrected chi connectivity index (χ4v) is 8.78. The van der Waals surface area contributed by atoms with Crippen molar-refractivity contribution in [1.82, 2.24) is 4.90 Å². The maximum absolute atomic E-state index is 14.5. The summed E-state index contributed by atoms with van der Waals surface area (Å²) in [6.07, 6.45) is 0.368. The van der Waals surface area contributed by atoms with Gasteiger partial charge in [0.25, 0.3) is 0 Å². The van der Waals surface area contributed by atoms with Crippen molar-refractivity contribution in [3.05, 3.63) is 136 Å². The summed E-state index contributed by atoms with van der Waals surface area (Å²) in [6, 6.07) is 25.5. The first kappa shape index (κ1) is 42.5. The molecule has 1 fully saturated rings. The molecule has 4 aromatic carbocycles. The number of rotatable bonds is 11. The Bertz CT molecular complexity index is 2100. The summed E-state index contributed by atoms with van der Waals surface area (Å²) in [5.41, 5.74) is 2.79. The van der Waals surface area contributed by atoms with Crippen molar-refractivity contribution in [2.75, 3.05) is 20.8 Å². The number of hydrogen-bond donors (Lipinski definition) is 2. The lowest BCUT2D eigenvalue weighted by Crippen LogP contribution is -2.53. The number of benzene rings is 4. The first-order valence-electron chi connectivity index (χ1n) is 19.7. The van der Waals surface area contributed by atoms with E-state index in [1.807, 2.05) is 43.3 Å². The van der Waals surface area contributed by atoms with Crippen LogP contribution in [0.4, 0.5) is 13.2 Å². The van der Waals surface area contributed by atoms with Crippen LogP contribution >= 0.6 is 0 Å². The molecule has 1 saturated carbocycles. The highest BCUT2D eigenvalue weighted by Crippen LogP contribution is 2.59. The van der Waals surface area contributed by atoms with Crippen molar-refractivity contribution < 1.29 is 47.2 Å². The van der Waals surface area contributed by atoms with E-state index in [-0.39, 0.29) is 42.9 Å². The van der Waals surface area contributed by atoms with Gasteiger partial charge < -0.3 is 29.3 Å². The molecule has 2 N–H and O–H groups in total. The van der Waals surface area contributed by atoms with E-state index in [0.717, 1.165) is 16.7 Å². The van der Waals surface area contributed by atoms with Gasteiger partial charge in [0.15, 0.2) is 17.3 Å². The van der Waals surface area contributed by atoms with Gasteiger partial charge in [0.1, 0.15) is 5.75 Å². The molecule has 0 radical (unpaired) electrons. The number of alkyl halides is 3. The lowest BCUT2D eigenvalue weighted by Gasteiger charge is -2.46. The number of methoxy groups -OCH3 is 2. The Morgan fingerprint density at radius 2 is 1.59 bits per heavy atom. The zero-order valence-electron chi connectivity index (χ0n) is 33.5. The molecule has 3 aliphatic carbocycles. The molecule has 0 saturated heterocycles. The molecule has 7 rings (SSSR count). The topological polar surface area (TPSA) is 106 Å². The number of halogens is 3. The number of aliphatic hydroxyl groups excluding tert-OH is 1. The molecule has 0 aliphatic heterocycles. The van der Waals surface area contributed by atoms with Crippen LogP contribution in [0.15, 0.2) is 103 Å². The van der Waals surface area contributed by atoms with E-state index in [4.69, 9.17) is 9.47 Å². The van der Waals surface area contributed by atoms with Crippen LogP contribution in [-0.4, -0.2) is 65.6 Å². The Balaban J connectivity index is 1.40. The van der Waals surface area contributed by atoms with Crippen LogP contribution < -0.4 is 14.2 Å². The molecule has 0 heterocycles. The second kappa shape index (κ2) is 17.8. The lowest BCUT2D eigenvalue weighted by atomic mass is 9.64. The number of nitrogens with zero attached hydrogens (tertiary/aromatic N) is 1. The second-order valence-corrected chi connectivity index (χ2v) is 16.0. The lowest BCUT2D eigenvalue weighted by molar-refractivity contribution is -0.274. The predicted molar refractivity (Wildman–Crippen MR) is 215 cm³/mol. The van der Waals surface area contributed by atoms with Gasteiger partial charge in [-0.3, -0.25) is 9.59 Å². The van der Waals surface area contributed by atoms with Crippen molar-refractivity contribution in [1.29, 1.82) is 0 Å². The van der Waals surface area contributed by atoms with Gasteiger partial charge in [-0.25, -0.2) is 0 Å². The van der Waals surface area contributed by atoms with E-state index in [9.17, 15) is 33.0 Å². The molecule has 3 aliphatic rings. The molecule has 4 aromatic rings. The number of aliphatic hydroxyl groups is 2. The zero-order valence-corrected chi connectivity index (χ0v) is 33.5. The van der Waals surface area contributed by atoms with E-state index in [1.54, 1.807) is 35.2 Å². The summed E-state index contributed by atoms with van der Waals surface area (Å²) in [7, 11) is 3.03. The van der Waals surface area contributed by atoms with E-state index >= 15 is 0 Å². The molecule has 4 unspecified atom stereocenters. The highest BCUT2D eigenvalue weighted by molar-refractivity contribution is 6.10. The predicted octanol–water partition coefficient (Wildman–Crippen LogP) is 9.14. The standard InChI is InChI=1S/C47H52F3NO7/c1-31-9-8-23-45(2)40(38-20-15-33(25-36(52)17-12-31)26-39(38)44(54)35-10-6-5-7-11-35)22-24-46(45,55)30-51(29-32-13-18-37(19-14-32)58-47(48,49)50)43(53)28-34-16-21-41(56-3)42(27-34)57-4/h5-7,9-11,13-16,18-21,26-27,36,40,52,55H,8,12,17,22-25,28-30H2,1-4H3. The molecule has 308 valence electrons. The monoisotopic (exact) mass is 799 g/mol. The third kappa shape index (κ3) is 9.76. The fraction of sp³-hybridized carbons (Fsp3) is 0.404. The summed E-state index contributed by atoms with van der Waals surface area (Å²) >= 11 is 0. The average Bonchev–Trinajstić information content (AvgIpc) is 3.45. The van der Waals surface area contributed by atoms with Crippen LogP contribution in [0.2, 0.25) is 0 Å². The number of allylic oxidation sites excluding steroid dienone is 2. The first-order chi connectivity index (χ1) is 27.6. The van der Waals surface area contributed by atoms with E-state index in [1.165, 1.54) is 38.5 Å². The van der Waals surface area contributed by atoms with E-state index in [2.05, 4.69) is 17.7 Å². The summed E-state index contributed by atoms with van der Waals surface area (Å²) in [4.78, 5) is 30.4. The molecule has 0 aromatic heterocycles. The van der Waals surface area contributed by atoms with E-state index < -0.39 is 23.5 Å². The van der Waals surface area contributed by atoms with Crippen LogP contribution in [0, 0.1) is 5.41 Å². The Morgan fingerprint density at radius 1 is 0.879 bits per heavy atom. The SMILES string of the molecule is COc1ccc(CC(=O)N(Cc2ccc(OC(F)(F)F)cc2)CC2(O)CCC3c4ccc(cc4C(=O)c4ccccc4)CC(O)CCC(C)=CCCC32C)cc1OC. The van der Waals surface area contributed by atoms with Gasteiger partial charge in [0, 0.05) is 23.1 Å². The molecule has 4 atom stereocenters. The van der Waals surface area contributed by atoms with Gasteiger partial charge in [-0.2, -0.15) is 0 Å². The van der Waals surface area contributed by atoms with Crippen LogP contribution in [0.3, 0.4) is 0 Å². The molecule has 2 bridgehead atoms. The van der Waals surface area contributed by atoms with Crippen LogP contribution in [0.5, 0.6) is 17.2 Å². The van der Waals surface area contributed by atoms with Gasteiger partial charge in [-0.1, -0.05) is 79.2 Å².